The van der Waals surface area contributed by atoms with E-state index in [0.29, 0.717) is 39.3 Å². The molecule has 1 N–H and O–H groups in total. The number of aromatic amines is 1. The number of fused-ring (bicyclic) bond motifs is 1. The van der Waals surface area contributed by atoms with Crippen molar-refractivity contribution in [3.05, 3.63) is 48.0 Å². The second kappa shape index (κ2) is 8.74. The van der Waals surface area contributed by atoms with Crippen LogP contribution in [0.25, 0.3) is 11.2 Å². The summed E-state index contributed by atoms with van der Waals surface area (Å²) >= 11 is 6.99. The Balaban J connectivity index is 2.00. The van der Waals surface area contributed by atoms with Crippen molar-refractivity contribution in [3.8, 4) is 0 Å². The molecule has 0 fully saturated rings. The Hall–Kier alpha value is -2.39. The molecule has 0 unspecified atom stereocenters. The predicted molar refractivity (Wildman–Crippen MR) is 108 cm³/mol. The highest BCUT2D eigenvalue weighted by atomic mass is 35.5. The molecule has 0 aliphatic heterocycles. The maximum absolute atomic E-state index is 12.4. The van der Waals surface area contributed by atoms with Gasteiger partial charge in [0.1, 0.15) is 17.3 Å². The quantitative estimate of drug-likeness (QED) is 0.560. The van der Waals surface area contributed by atoms with Crippen LogP contribution in [0.15, 0.2) is 21.7 Å². The van der Waals surface area contributed by atoms with Gasteiger partial charge in [-0.15, -0.1) is 11.3 Å². The highest BCUT2D eigenvalue weighted by molar-refractivity contribution is 7.17. The molecule has 150 valence electrons. The maximum Gasteiger partial charge on any atom is 0.348 e. The number of aromatic nitrogens is 4. The van der Waals surface area contributed by atoms with Crippen molar-refractivity contribution < 1.29 is 9.53 Å². The van der Waals surface area contributed by atoms with Crippen molar-refractivity contribution in [2.45, 2.75) is 52.8 Å². The van der Waals surface area contributed by atoms with E-state index in [1.165, 1.54) is 4.57 Å². The minimum absolute atomic E-state index is 0.107. The van der Waals surface area contributed by atoms with E-state index in [0.717, 1.165) is 30.6 Å². The predicted octanol–water partition coefficient (Wildman–Crippen LogP) is 3.17. The molecular formula is C18H21ClN4O4S. The highest BCUT2D eigenvalue weighted by Crippen LogP contribution is 2.22. The largest absolute Gasteiger partial charge is 0.453 e. The minimum atomic E-state index is -0.510. The number of halogens is 1. The van der Waals surface area contributed by atoms with E-state index in [2.05, 4.69) is 9.97 Å². The summed E-state index contributed by atoms with van der Waals surface area (Å²) in [6, 6.07) is 3.22. The van der Waals surface area contributed by atoms with Crippen molar-refractivity contribution in [2.24, 2.45) is 0 Å². The molecule has 0 aliphatic carbocycles. The third kappa shape index (κ3) is 4.05. The van der Waals surface area contributed by atoms with Gasteiger partial charge in [-0.05, 0) is 25.0 Å². The second-order valence-corrected chi connectivity index (χ2v) is 8.01. The van der Waals surface area contributed by atoms with Gasteiger partial charge in [0.05, 0.1) is 4.34 Å². The zero-order chi connectivity index (χ0) is 20.3. The number of H-pyrrole nitrogens is 1. The summed E-state index contributed by atoms with van der Waals surface area (Å²) in [5.41, 5.74) is -0.330. The first-order valence-corrected chi connectivity index (χ1v) is 10.3. The van der Waals surface area contributed by atoms with Crippen LogP contribution in [-0.2, 0) is 24.4 Å². The summed E-state index contributed by atoms with van der Waals surface area (Å²) < 4.78 is 9.04. The lowest BCUT2D eigenvalue weighted by atomic mass is 10.3. The van der Waals surface area contributed by atoms with E-state index in [1.807, 2.05) is 13.8 Å². The minimum Gasteiger partial charge on any atom is -0.453 e. The van der Waals surface area contributed by atoms with E-state index in [9.17, 15) is 14.4 Å². The lowest BCUT2D eigenvalue weighted by Crippen LogP contribution is -2.31. The smallest absolute Gasteiger partial charge is 0.348 e. The van der Waals surface area contributed by atoms with E-state index in [1.54, 1.807) is 16.7 Å². The number of carbonyl (C=O) groups is 1. The number of unbranched alkanes of at least 4 members (excludes halogenated alkanes) is 1. The summed E-state index contributed by atoms with van der Waals surface area (Å²) in [7, 11) is 0. The van der Waals surface area contributed by atoms with Crippen LogP contribution in [0, 0.1) is 0 Å². The van der Waals surface area contributed by atoms with E-state index < -0.39 is 17.2 Å². The van der Waals surface area contributed by atoms with Crippen LogP contribution >= 0.6 is 22.9 Å². The fraction of sp³-hybridized carbons (Fsp3) is 0.444. The lowest BCUT2D eigenvalue weighted by Gasteiger charge is -2.08. The molecule has 0 saturated heterocycles. The number of thiophene rings is 1. The van der Waals surface area contributed by atoms with Gasteiger partial charge in [-0.25, -0.2) is 14.6 Å². The molecule has 0 radical (unpaired) electrons. The molecule has 0 amide bonds. The molecule has 3 aromatic heterocycles. The Morgan fingerprint density at radius 3 is 2.64 bits per heavy atom. The second-order valence-electron chi connectivity index (χ2n) is 6.30. The summed E-state index contributed by atoms with van der Waals surface area (Å²) in [5.74, 6) is -0.0847. The molecule has 0 aliphatic rings. The van der Waals surface area contributed by atoms with Crippen LogP contribution in [0.3, 0.4) is 0 Å². The number of rotatable bonds is 8. The normalized spacial score (nSPS) is 11.2. The average Bonchev–Trinajstić information content (AvgIpc) is 3.24. The first kappa shape index (κ1) is 20.3. The molecule has 0 aromatic carbocycles. The molecule has 8 nitrogen and oxygen atoms in total. The molecular weight excluding hydrogens is 404 g/mol. The molecule has 10 heteroatoms. The van der Waals surface area contributed by atoms with Crippen LogP contribution in [0.2, 0.25) is 4.34 Å². The van der Waals surface area contributed by atoms with Gasteiger partial charge in [0.2, 0.25) is 0 Å². The third-order valence-corrected chi connectivity index (χ3v) is 5.47. The first-order chi connectivity index (χ1) is 13.5. The number of esters is 1. The number of hydrogen-bond acceptors (Lipinski definition) is 6. The molecule has 0 atom stereocenters. The summed E-state index contributed by atoms with van der Waals surface area (Å²) in [5, 5.41) is 0. The van der Waals surface area contributed by atoms with Gasteiger partial charge in [0.15, 0.2) is 11.2 Å². The number of nitrogens with one attached hydrogen (secondary N) is 1. The zero-order valence-electron chi connectivity index (χ0n) is 15.7. The van der Waals surface area contributed by atoms with Crippen LogP contribution in [0.1, 0.15) is 48.6 Å². The molecule has 0 saturated carbocycles. The summed E-state index contributed by atoms with van der Waals surface area (Å²) in [4.78, 5) is 44.2. The van der Waals surface area contributed by atoms with Crippen molar-refractivity contribution in [1.29, 1.82) is 0 Å². The highest BCUT2D eigenvalue weighted by Gasteiger charge is 2.20. The van der Waals surface area contributed by atoms with Gasteiger partial charge in [0.25, 0.3) is 5.56 Å². The number of ether oxygens (including phenoxy) is 1. The Bertz CT molecular complexity index is 1110. The van der Waals surface area contributed by atoms with Crippen molar-refractivity contribution in [2.75, 3.05) is 0 Å². The number of imidazole rings is 1. The maximum atomic E-state index is 12.4. The van der Waals surface area contributed by atoms with E-state index >= 15 is 0 Å². The molecule has 28 heavy (non-hydrogen) atoms. The van der Waals surface area contributed by atoms with Crippen molar-refractivity contribution in [3.63, 3.8) is 0 Å². The van der Waals surface area contributed by atoms with Crippen LogP contribution in [0.4, 0.5) is 0 Å². The molecule has 3 heterocycles. The van der Waals surface area contributed by atoms with Crippen LogP contribution < -0.4 is 11.2 Å². The topological polar surface area (TPSA) is 99.0 Å². The molecule has 0 bridgehead atoms. The van der Waals surface area contributed by atoms with Gasteiger partial charge in [-0.3, -0.25) is 14.3 Å². The fourth-order valence-corrected chi connectivity index (χ4v) is 3.88. The zero-order valence-corrected chi connectivity index (χ0v) is 17.2. The number of aryl methyl sites for hydroxylation is 2. The Kier molecular flexibility index (Phi) is 6.35. The van der Waals surface area contributed by atoms with Gasteiger partial charge < -0.3 is 9.30 Å². The monoisotopic (exact) mass is 424 g/mol. The summed E-state index contributed by atoms with van der Waals surface area (Å²) in [6.07, 6.45) is 2.43. The standard InChI is InChI=1S/C18H21ClN4O4S/c1-3-5-9-23-15-14(16(24)21-18(23)26)22(8-4-2)13(20-15)10-27-17(25)11-6-7-12(19)28-11/h6-7H,3-5,8-10H2,1-2H3,(H,21,24,26). The number of hydrogen-bond donors (Lipinski definition) is 1. The lowest BCUT2D eigenvalue weighted by molar-refractivity contribution is 0.0464. The van der Waals surface area contributed by atoms with Crippen molar-refractivity contribution >= 4 is 40.1 Å². The van der Waals surface area contributed by atoms with E-state index in [4.69, 9.17) is 16.3 Å². The third-order valence-electron chi connectivity index (χ3n) is 4.25. The molecule has 3 rings (SSSR count). The van der Waals surface area contributed by atoms with Gasteiger partial charge in [0, 0.05) is 13.1 Å². The SMILES string of the molecule is CCCCn1c(=O)[nH]c(=O)c2c1nc(COC(=O)c1ccc(Cl)s1)n2CCC. The molecule has 0 spiro atoms. The van der Waals surface area contributed by atoms with Gasteiger partial charge in [-0.2, -0.15) is 0 Å². The van der Waals surface area contributed by atoms with Gasteiger partial charge in [-0.1, -0.05) is 31.9 Å². The Morgan fingerprint density at radius 1 is 1.21 bits per heavy atom. The molecule has 3 aromatic rings. The van der Waals surface area contributed by atoms with Crippen molar-refractivity contribution in [1.82, 2.24) is 19.1 Å². The summed E-state index contributed by atoms with van der Waals surface area (Å²) in [6.45, 7) is 4.86. The van der Waals surface area contributed by atoms with Crippen LogP contribution in [0.5, 0.6) is 0 Å². The van der Waals surface area contributed by atoms with E-state index in [-0.39, 0.29) is 6.61 Å². The number of nitrogens with zero attached hydrogens (tertiary/aromatic N) is 3. The fourth-order valence-electron chi connectivity index (χ4n) is 2.94. The average molecular weight is 425 g/mol. The number of carbonyl (C=O) groups excluding carboxylic acids is 1. The first-order valence-electron chi connectivity index (χ1n) is 9.10. The Labute approximate surface area is 169 Å². The Morgan fingerprint density at radius 2 is 2.00 bits per heavy atom. The van der Waals surface area contributed by atoms with Gasteiger partial charge >= 0.3 is 11.7 Å². The van der Waals surface area contributed by atoms with Crippen LogP contribution in [-0.4, -0.2) is 25.1 Å².